The highest BCUT2D eigenvalue weighted by molar-refractivity contribution is 7.92. The van der Waals surface area contributed by atoms with Crippen LogP contribution in [0.2, 0.25) is 0 Å². The third-order valence-corrected chi connectivity index (χ3v) is 6.17. The number of carbonyl (C=O) groups is 1. The van der Waals surface area contributed by atoms with Gasteiger partial charge >= 0.3 is 0 Å². The summed E-state index contributed by atoms with van der Waals surface area (Å²) in [6.45, 7) is 3.44. The number of amides is 1. The first kappa shape index (κ1) is 21.3. The molecule has 0 saturated carbocycles. The van der Waals surface area contributed by atoms with Crippen molar-refractivity contribution in [3.63, 3.8) is 0 Å². The number of nitrogens with zero attached hydrogens (tertiary/aromatic N) is 2. The van der Waals surface area contributed by atoms with Crippen molar-refractivity contribution in [1.82, 2.24) is 5.43 Å². The van der Waals surface area contributed by atoms with E-state index in [0.29, 0.717) is 5.69 Å². The Morgan fingerprint density at radius 1 is 0.933 bits per heavy atom. The zero-order valence-corrected chi connectivity index (χ0v) is 17.6. The second-order valence-electron chi connectivity index (χ2n) is 6.87. The first-order valence-electron chi connectivity index (χ1n) is 9.39. The lowest BCUT2D eigenvalue weighted by Crippen LogP contribution is -2.39. The van der Waals surface area contributed by atoms with Crippen LogP contribution in [0.1, 0.15) is 16.7 Å². The average Bonchev–Trinajstić information content (AvgIpc) is 2.73. The Labute approximate surface area is 176 Å². The maximum Gasteiger partial charge on any atom is 0.264 e. The van der Waals surface area contributed by atoms with Crippen molar-refractivity contribution in [2.24, 2.45) is 5.10 Å². The van der Waals surface area contributed by atoms with Crippen LogP contribution in [0.4, 0.5) is 5.69 Å². The highest BCUT2D eigenvalue weighted by atomic mass is 32.2. The number of hydrogen-bond acceptors (Lipinski definition) is 4. The largest absolute Gasteiger partial charge is 0.271 e. The summed E-state index contributed by atoms with van der Waals surface area (Å²) in [5, 5.41) is 3.95. The van der Waals surface area contributed by atoms with Gasteiger partial charge in [-0.1, -0.05) is 65.7 Å². The molecule has 3 aromatic carbocycles. The molecule has 0 unspecified atom stereocenters. The lowest BCUT2D eigenvalue weighted by molar-refractivity contribution is -0.119. The molecule has 6 nitrogen and oxygen atoms in total. The van der Waals surface area contributed by atoms with Gasteiger partial charge in [0.2, 0.25) is 0 Å². The van der Waals surface area contributed by atoms with Crippen LogP contribution in [0.15, 0.2) is 88.9 Å². The van der Waals surface area contributed by atoms with Crippen LogP contribution in [0.3, 0.4) is 0 Å². The highest BCUT2D eigenvalue weighted by Gasteiger charge is 2.27. The molecule has 0 fully saturated rings. The molecule has 1 N–H and O–H groups in total. The molecule has 0 saturated heterocycles. The molecule has 1 amide bonds. The van der Waals surface area contributed by atoms with Crippen molar-refractivity contribution in [2.45, 2.75) is 18.7 Å². The van der Waals surface area contributed by atoms with Crippen molar-refractivity contribution < 1.29 is 13.2 Å². The van der Waals surface area contributed by atoms with Gasteiger partial charge in [0.25, 0.3) is 15.9 Å². The van der Waals surface area contributed by atoms with Gasteiger partial charge in [0.05, 0.1) is 16.8 Å². The molecule has 0 heterocycles. The molecule has 0 aliphatic heterocycles. The van der Waals surface area contributed by atoms with E-state index in [9.17, 15) is 13.2 Å². The summed E-state index contributed by atoms with van der Waals surface area (Å²) in [5.41, 5.74) is 5.66. The predicted octanol–water partition coefficient (Wildman–Crippen LogP) is 3.65. The number of para-hydroxylation sites is 1. The maximum atomic E-state index is 13.2. The van der Waals surface area contributed by atoms with Gasteiger partial charge in [-0.15, -0.1) is 0 Å². The fraction of sp³-hybridized carbons (Fsp3) is 0.130. The van der Waals surface area contributed by atoms with E-state index in [0.717, 1.165) is 21.0 Å². The summed E-state index contributed by atoms with van der Waals surface area (Å²) in [6.07, 6.45) is 1.52. The fourth-order valence-electron chi connectivity index (χ4n) is 2.84. The van der Waals surface area contributed by atoms with Gasteiger partial charge in [0.15, 0.2) is 0 Å². The van der Waals surface area contributed by atoms with Gasteiger partial charge < -0.3 is 0 Å². The van der Waals surface area contributed by atoms with E-state index in [1.807, 2.05) is 38.1 Å². The molecule has 0 radical (unpaired) electrons. The highest BCUT2D eigenvalue weighted by Crippen LogP contribution is 2.23. The lowest BCUT2D eigenvalue weighted by Gasteiger charge is -2.23. The van der Waals surface area contributed by atoms with E-state index >= 15 is 0 Å². The Kier molecular flexibility index (Phi) is 6.64. The molecule has 3 rings (SSSR count). The van der Waals surface area contributed by atoms with Gasteiger partial charge in [-0.25, -0.2) is 13.8 Å². The minimum atomic E-state index is -3.93. The van der Waals surface area contributed by atoms with Crippen molar-refractivity contribution in [3.05, 3.63) is 95.6 Å². The second-order valence-corrected chi connectivity index (χ2v) is 8.73. The van der Waals surface area contributed by atoms with E-state index in [1.54, 1.807) is 42.5 Å². The molecule has 0 aromatic heterocycles. The SMILES string of the molecule is Cc1ccc(S(=O)(=O)N(CC(=O)NN=Cc2cccc(C)c2)c2ccccc2)cc1. The number of anilines is 1. The molecule has 0 spiro atoms. The number of benzene rings is 3. The number of hydrogen-bond donors (Lipinski definition) is 1. The summed E-state index contributed by atoms with van der Waals surface area (Å²) in [6, 6.07) is 22.7. The van der Waals surface area contributed by atoms with Crippen molar-refractivity contribution in [2.75, 3.05) is 10.8 Å². The minimum absolute atomic E-state index is 0.119. The normalized spacial score (nSPS) is 11.4. The summed E-state index contributed by atoms with van der Waals surface area (Å²) < 4.78 is 27.5. The quantitative estimate of drug-likeness (QED) is 0.467. The van der Waals surface area contributed by atoms with E-state index in [-0.39, 0.29) is 4.90 Å². The molecule has 154 valence electrons. The average molecular weight is 422 g/mol. The predicted molar refractivity (Wildman–Crippen MR) is 119 cm³/mol. The Morgan fingerprint density at radius 3 is 2.30 bits per heavy atom. The first-order valence-corrected chi connectivity index (χ1v) is 10.8. The smallest absolute Gasteiger partial charge is 0.264 e. The fourth-order valence-corrected chi connectivity index (χ4v) is 4.26. The molecule has 3 aromatic rings. The number of hydrazone groups is 1. The number of carbonyl (C=O) groups excluding carboxylic acids is 1. The molecule has 0 aliphatic rings. The molecule has 7 heteroatoms. The van der Waals surface area contributed by atoms with Crippen LogP contribution in [-0.4, -0.2) is 27.1 Å². The standard InChI is InChI=1S/C23H23N3O3S/c1-18-11-13-22(14-12-18)30(28,29)26(21-9-4-3-5-10-21)17-23(27)25-24-16-20-8-6-7-19(2)15-20/h3-16H,17H2,1-2H3,(H,25,27). The van der Waals surface area contributed by atoms with E-state index in [2.05, 4.69) is 10.5 Å². The Hall–Kier alpha value is -3.45. The van der Waals surface area contributed by atoms with E-state index in [1.165, 1.54) is 18.3 Å². The summed E-state index contributed by atoms with van der Waals surface area (Å²) >= 11 is 0. The zero-order chi connectivity index (χ0) is 21.6. The van der Waals surface area contributed by atoms with Gasteiger partial charge in [0.1, 0.15) is 6.54 Å². The summed E-state index contributed by atoms with van der Waals surface area (Å²) in [5.74, 6) is -0.543. The Bertz CT molecular complexity index is 1140. The molecular weight excluding hydrogens is 398 g/mol. The van der Waals surface area contributed by atoms with Crippen LogP contribution in [0.5, 0.6) is 0 Å². The molecule has 0 aliphatic carbocycles. The summed E-state index contributed by atoms with van der Waals surface area (Å²) in [4.78, 5) is 12.6. The maximum absolute atomic E-state index is 13.2. The van der Waals surface area contributed by atoms with Crippen LogP contribution in [0.25, 0.3) is 0 Å². The van der Waals surface area contributed by atoms with Gasteiger partial charge in [-0.05, 0) is 43.7 Å². The number of sulfonamides is 1. The number of aryl methyl sites for hydroxylation is 2. The van der Waals surface area contributed by atoms with Gasteiger partial charge in [-0.3, -0.25) is 9.10 Å². The van der Waals surface area contributed by atoms with Crippen molar-refractivity contribution in [1.29, 1.82) is 0 Å². The Balaban J connectivity index is 1.81. The topological polar surface area (TPSA) is 78.8 Å². The summed E-state index contributed by atoms with van der Waals surface area (Å²) in [7, 11) is -3.93. The first-order chi connectivity index (χ1) is 14.4. The molecular formula is C23H23N3O3S. The molecule has 0 bridgehead atoms. The van der Waals surface area contributed by atoms with E-state index in [4.69, 9.17) is 0 Å². The van der Waals surface area contributed by atoms with Crippen LogP contribution >= 0.6 is 0 Å². The van der Waals surface area contributed by atoms with Crippen molar-refractivity contribution >= 4 is 27.8 Å². The van der Waals surface area contributed by atoms with E-state index < -0.39 is 22.5 Å². The monoisotopic (exact) mass is 421 g/mol. The zero-order valence-electron chi connectivity index (χ0n) is 16.8. The van der Waals surface area contributed by atoms with Crippen LogP contribution in [-0.2, 0) is 14.8 Å². The molecule has 0 atom stereocenters. The third-order valence-electron chi connectivity index (χ3n) is 4.39. The molecule has 30 heavy (non-hydrogen) atoms. The van der Waals surface area contributed by atoms with Crippen LogP contribution in [0, 0.1) is 13.8 Å². The Morgan fingerprint density at radius 2 is 1.63 bits per heavy atom. The van der Waals surface area contributed by atoms with Gasteiger partial charge in [0, 0.05) is 0 Å². The lowest BCUT2D eigenvalue weighted by atomic mass is 10.2. The second kappa shape index (κ2) is 9.37. The van der Waals surface area contributed by atoms with Crippen LogP contribution < -0.4 is 9.73 Å². The minimum Gasteiger partial charge on any atom is -0.271 e. The number of nitrogens with one attached hydrogen (secondary N) is 1. The van der Waals surface area contributed by atoms with Gasteiger partial charge in [-0.2, -0.15) is 5.10 Å². The van der Waals surface area contributed by atoms with Crippen molar-refractivity contribution in [3.8, 4) is 0 Å². The third kappa shape index (κ3) is 5.33. The number of rotatable bonds is 7.